The standard InChI is InChI=1S/C23H29NO5/c1-5-6-7-10-16(2)23(26)18-13-17(27-3)14-21(22(18)24-15-25)29-20-12-9-8-11-19(20)28-4/h8-9,11-16H,5-7,10H2,1-4H3,(H,24,25). The van der Waals surface area contributed by atoms with E-state index in [4.69, 9.17) is 14.2 Å². The number of ketones is 1. The first-order valence-corrected chi connectivity index (χ1v) is 9.82. The van der Waals surface area contributed by atoms with E-state index in [1.54, 1.807) is 31.4 Å². The van der Waals surface area contributed by atoms with E-state index in [1.165, 1.54) is 7.11 Å². The molecule has 1 unspecified atom stereocenters. The fourth-order valence-electron chi connectivity index (χ4n) is 3.11. The van der Waals surface area contributed by atoms with E-state index in [2.05, 4.69) is 12.2 Å². The minimum Gasteiger partial charge on any atom is -0.497 e. The highest BCUT2D eigenvalue weighted by molar-refractivity contribution is 6.05. The monoisotopic (exact) mass is 399 g/mol. The molecule has 29 heavy (non-hydrogen) atoms. The Hall–Kier alpha value is -3.02. The van der Waals surface area contributed by atoms with E-state index in [1.807, 2.05) is 19.1 Å². The van der Waals surface area contributed by atoms with Gasteiger partial charge in [-0.2, -0.15) is 0 Å². The first-order chi connectivity index (χ1) is 14.0. The van der Waals surface area contributed by atoms with Crippen LogP contribution in [0.4, 0.5) is 5.69 Å². The number of rotatable bonds is 12. The van der Waals surface area contributed by atoms with Crippen LogP contribution in [0.3, 0.4) is 0 Å². The summed E-state index contributed by atoms with van der Waals surface area (Å²) in [5, 5.41) is 2.63. The molecule has 0 saturated heterocycles. The Bertz CT molecular complexity index is 834. The number of hydrogen-bond donors (Lipinski definition) is 1. The Balaban J connectivity index is 2.46. The third-order valence-corrected chi connectivity index (χ3v) is 4.76. The van der Waals surface area contributed by atoms with Crippen molar-refractivity contribution in [2.24, 2.45) is 5.92 Å². The molecule has 2 rings (SSSR count). The van der Waals surface area contributed by atoms with Crippen molar-refractivity contribution in [2.75, 3.05) is 19.5 Å². The second kappa shape index (κ2) is 11.1. The summed E-state index contributed by atoms with van der Waals surface area (Å²) < 4.78 is 16.7. The van der Waals surface area contributed by atoms with E-state index in [0.717, 1.165) is 25.7 Å². The van der Waals surface area contributed by atoms with Crippen molar-refractivity contribution in [3.05, 3.63) is 42.0 Å². The van der Waals surface area contributed by atoms with E-state index < -0.39 is 0 Å². The van der Waals surface area contributed by atoms with Gasteiger partial charge in [0.2, 0.25) is 6.41 Å². The van der Waals surface area contributed by atoms with Crippen molar-refractivity contribution in [2.45, 2.75) is 39.5 Å². The molecular weight excluding hydrogens is 370 g/mol. The van der Waals surface area contributed by atoms with Gasteiger partial charge in [0.05, 0.1) is 19.9 Å². The predicted molar refractivity (Wildman–Crippen MR) is 113 cm³/mol. The largest absolute Gasteiger partial charge is 0.497 e. The topological polar surface area (TPSA) is 73.9 Å². The van der Waals surface area contributed by atoms with Crippen molar-refractivity contribution in [3.8, 4) is 23.0 Å². The average Bonchev–Trinajstić information content (AvgIpc) is 2.74. The second-order valence-corrected chi connectivity index (χ2v) is 6.82. The van der Waals surface area contributed by atoms with Crippen molar-refractivity contribution >= 4 is 17.9 Å². The number of Topliss-reactive ketones (excluding diaryl/α,β-unsaturated/α-hetero) is 1. The molecule has 0 aliphatic carbocycles. The van der Waals surface area contributed by atoms with Crippen LogP contribution in [0, 0.1) is 5.92 Å². The summed E-state index contributed by atoms with van der Waals surface area (Å²) in [5.74, 6) is 1.54. The smallest absolute Gasteiger partial charge is 0.211 e. The summed E-state index contributed by atoms with van der Waals surface area (Å²) in [7, 11) is 3.07. The highest BCUT2D eigenvalue weighted by atomic mass is 16.5. The van der Waals surface area contributed by atoms with E-state index in [0.29, 0.717) is 40.7 Å². The fraction of sp³-hybridized carbons (Fsp3) is 0.391. The molecule has 6 nitrogen and oxygen atoms in total. The van der Waals surface area contributed by atoms with Crippen LogP contribution in [0.15, 0.2) is 36.4 Å². The summed E-state index contributed by atoms with van der Waals surface area (Å²) in [6, 6.07) is 10.4. The summed E-state index contributed by atoms with van der Waals surface area (Å²) in [5.41, 5.74) is 0.685. The molecular formula is C23H29NO5. The van der Waals surface area contributed by atoms with Gasteiger partial charge in [-0.25, -0.2) is 0 Å². The quantitative estimate of drug-likeness (QED) is 0.291. The van der Waals surface area contributed by atoms with Gasteiger partial charge in [0, 0.05) is 17.5 Å². The number of carbonyl (C=O) groups is 2. The van der Waals surface area contributed by atoms with Crippen LogP contribution in [0.2, 0.25) is 0 Å². The van der Waals surface area contributed by atoms with E-state index >= 15 is 0 Å². The predicted octanol–water partition coefficient (Wildman–Crippen LogP) is 5.46. The van der Waals surface area contributed by atoms with Gasteiger partial charge in [-0.05, 0) is 24.6 Å². The lowest BCUT2D eigenvalue weighted by molar-refractivity contribution is -0.105. The Kier molecular flexibility index (Phi) is 8.52. The molecule has 1 N–H and O–H groups in total. The van der Waals surface area contributed by atoms with Crippen molar-refractivity contribution in [1.82, 2.24) is 0 Å². The highest BCUT2D eigenvalue weighted by Gasteiger charge is 2.23. The zero-order valence-electron chi connectivity index (χ0n) is 17.5. The molecule has 156 valence electrons. The molecule has 0 aliphatic heterocycles. The van der Waals surface area contributed by atoms with Gasteiger partial charge in [-0.15, -0.1) is 0 Å². The molecule has 0 spiro atoms. The Morgan fingerprint density at radius 3 is 2.41 bits per heavy atom. The van der Waals surface area contributed by atoms with Gasteiger partial charge < -0.3 is 19.5 Å². The Morgan fingerprint density at radius 2 is 1.79 bits per heavy atom. The zero-order valence-corrected chi connectivity index (χ0v) is 17.5. The Labute approximate surface area is 172 Å². The molecule has 0 heterocycles. The normalized spacial score (nSPS) is 11.4. The number of hydrogen-bond acceptors (Lipinski definition) is 5. The molecule has 0 radical (unpaired) electrons. The highest BCUT2D eigenvalue weighted by Crippen LogP contribution is 2.40. The number of para-hydroxylation sites is 2. The number of carbonyl (C=O) groups excluding carboxylic acids is 2. The number of methoxy groups -OCH3 is 2. The molecule has 6 heteroatoms. The number of ether oxygens (including phenoxy) is 3. The fourth-order valence-corrected chi connectivity index (χ4v) is 3.11. The first kappa shape index (κ1) is 22.3. The first-order valence-electron chi connectivity index (χ1n) is 9.82. The van der Waals surface area contributed by atoms with Gasteiger partial charge in [0.15, 0.2) is 23.0 Å². The zero-order chi connectivity index (χ0) is 21.2. The molecule has 2 aromatic carbocycles. The van der Waals surface area contributed by atoms with Crippen LogP contribution in [-0.4, -0.2) is 26.4 Å². The van der Waals surface area contributed by atoms with Crippen molar-refractivity contribution in [1.29, 1.82) is 0 Å². The lowest BCUT2D eigenvalue weighted by Crippen LogP contribution is -2.15. The number of amides is 1. The van der Waals surface area contributed by atoms with Crippen LogP contribution in [0.25, 0.3) is 0 Å². The van der Waals surface area contributed by atoms with Crippen LogP contribution in [0.5, 0.6) is 23.0 Å². The minimum atomic E-state index is -0.181. The Morgan fingerprint density at radius 1 is 1.07 bits per heavy atom. The van der Waals surface area contributed by atoms with Gasteiger partial charge >= 0.3 is 0 Å². The van der Waals surface area contributed by atoms with Gasteiger partial charge in [-0.3, -0.25) is 9.59 Å². The van der Waals surface area contributed by atoms with Crippen LogP contribution in [-0.2, 0) is 4.79 Å². The molecule has 1 amide bonds. The van der Waals surface area contributed by atoms with Crippen LogP contribution < -0.4 is 19.5 Å². The molecule has 1 atom stereocenters. The molecule has 0 bridgehead atoms. The lowest BCUT2D eigenvalue weighted by Gasteiger charge is -2.19. The third-order valence-electron chi connectivity index (χ3n) is 4.76. The van der Waals surface area contributed by atoms with Crippen molar-refractivity contribution in [3.63, 3.8) is 0 Å². The van der Waals surface area contributed by atoms with Gasteiger partial charge in [0.1, 0.15) is 5.75 Å². The number of benzene rings is 2. The maximum absolute atomic E-state index is 13.1. The van der Waals surface area contributed by atoms with E-state index in [-0.39, 0.29) is 11.7 Å². The van der Waals surface area contributed by atoms with Crippen LogP contribution >= 0.6 is 0 Å². The molecule has 2 aromatic rings. The van der Waals surface area contributed by atoms with Gasteiger partial charge in [-0.1, -0.05) is 45.2 Å². The molecule has 0 aliphatic rings. The summed E-state index contributed by atoms with van der Waals surface area (Å²) in [6.45, 7) is 4.03. The van der Waals surface area contributed by atoms with Gasteiger partial charge in [0.25, 0.3) is 0 Å². The second-order valence-electron chi connectivity index (χ2n) is 6.82. The molecule has 0 fully saturated rings. The molecule has 0 saturated carbocycles. The number of unbranched alkanes of at least 4 members (excludes halogenated alkanes) is 2. The maximum Gasteiger partial charge on any atom is 0.211 e. The number of anilines is 1. The summed E-state index contributed by atoms with van der Waals surface area (Å²) >= 11 is 0. The van der Waals surface area contributed by atoms with Crippen molar-refractivity contribution < 1.29 is 23.8 Å². The lowest BCUT2D eigenvalue weighted by atomic mass is 9.92. The summed E-state index contributed by atoms with van der Waals surface area (Å²) in [4.78, 5) is 24.4. The average molecular weight is 399 g/mol. The maximum atomic E-state index is 13.1. The van der Waals surface area contributed by atoms with E-state index in [9.17, 15) is 9.59 Å². The van der Waals surface area contributed by atoms with Crippen LogP contribution in [0.1, 0.15) is 49.9 Å². The number of nitrogens with one attached hydrogen (secondary N) is 1. The minimum absolute atomic E-state index is 0.0609. The molecule has 0 aromatic heterocycles. The third kappa shape index (κ3) is 5.73. The summed E-state index contributed by atoms with van der Waals surface area (Å²) in [6.07, 6.45) is 4.48. The SMILES string of the molecule is CCCCCC(C)C(=O)c1cc(OC)cc(Oc2ccccc2OC)c1NC=O.